The van der Waals surface area contributed by atoms with Crippen molar-refractivity contribution < 1.29 is 13.2 Å². The highest BCUT2D eigenvalue weighted by molar-refractivity contribution is 7.89. The van der Waals surface area contributed by atoms with Crippen LogP contribution in [0.5, 0.6) is 0 Å². The lowest BCUT2D eigenvalue weighted by Crippen LogP contribution is -2.48. The molecule has 1 fully saturated rings. The molecule has 4 rings (SSSR count). The lowest BCUT2D eigenvalue weighted by molar-refractivity contribution is 0.102. The van der Waals surface area contributed by atoms with Crippen LogP contribution in [-0.4, -0.2) is 66.0 Å². The number of aromatic nitrogens is 2. The SMILES string of the molecule is CCN1CCN(S(=O)(=O)c2ccc(NC(=O)c3cnn(Cc4ccccc4Cl)c3)cc2)CC1. The van der Waals surface area contributed by atoms with Crippen molar-refractivity contribution in [1.29, 1.82) is 0 Å². The van der Waals surface area contributed by atoms with Crippen LogP contribution in [0.4, 0.5) is 5.69 Å². The average Bonchev–Trinajstić information content (AvgIpc) is 3.30. The summed E-state index contributed by atoms with van der Waals surface area (Å²) in [5.74, 6) is -0.327. The van der Waals surface area contributed by atoms with Crippen molar-refractivity contribution in [1.82, 2.24) is 19.0 Å². The molecule has 0 atom stereocenters. The van der Waals surface area contributed by atoms with Crippen LogP contribution in [0.25, 0.3) is 0 Å². The average molecular weight is 488 g/mol. The second-order valence-corrected chi connectivity index (χ2v) is 10.2. The first-order valence-electron chi connectivity index (χ1n) is 10.8. The zero-order valence-electron chi connectivity index (χ0n) is 18.3. The molecular weight excluding hydrogens is 462 g/mol. The van der Waals surface area contributed by atoms with Gasteiger partial charge in [-0.25, -0.2) is 8.42 Å². The fourth-order valence-corrected chi connectivity index (χ4v) is 5.33. The number of nitrogens with zero attached hydrogens (tertiary/aromatic N) is 4. The molecule has 8 nitrogen and oxygen atoms in total. The Balaban J connectivity index is 1.38. The first-order valence-corrected chi connectivity index (χ1v) is 12.6. The molecule has 1 saturated heterocycles. The zero-order chi connectivity index (χ0) is 23.4. The number of rotatable bonds is 7. The van der Waals surface area contributed by atoms with Crippen LogP contribution in [0.15, 0.2) is 65.8 Å². The van der Waals surface area contributed by atoms with E-state index in [1.54, 1.807) is 23.0 Å². The molecule has 0 bridgehead atoms. The molecular formula is C23H26ClN5O3S. The summed E-state index contributed by atoms with van der Waals surface area (Å²) >= 11 is 6.19. The number of amides is 1. The Kier molecular flexibility index (Phi) is 7.14. The van der Waals surface area contributed by atoms with Crippen molar-refractivity contribution in [2.75, 3.05) is 38.0 Å². The first-order chi connectivity index (χ1) is 15.9. The van der Waals surface area contributed by atoms with E-state index in [-0.39, 0.29) is 10.8 Å². The van der Waals surface area contributed by atoms with Crippen LogP contribution in [-0.2, 0) is 16.6 Å². The van der Waals surface area contributed by atoms with Gasteiger partial charge in [0.15, 0.2) is 0 Å². The molecule has 0 unspecified atom stereocenters. The van der Waals surface area contributed by atoms with Gasteiger partial charge in [-0.3, -0.25) is 9.48 Å². The number of benzene rings is 2. The minimum absolute atomic E-state index is 0.220. The minimum atomic E-state index is -3.55. The van der Waals surface area contributed by atoms with Crippen molar-refractivity contribution in [3.8, 4) is 0 Å². The molecule has 2 aromatic carbocycles. The molecule has 0 aliphatic carbocycles. The van der Waals surface area contributed by atoms with E-state index in [1.807, 2.05) is 24.3 Å². The van der Waals surface area contributed by atoms with Crippen LogP contribution in [0.2, 0.25) is 5.02 Å². The van der Waals surface area contributed by atoms with Gasteiger partial charge in [-0.15, -0.1) is 0 Å². The predicted octanol–water partition coefficient (Wildman–Crippen LogP) is 3.16. The van der Waals surface area contributed by atoms with Crippen LogP contribution >= 0.6 is 11.6 Å². The Morgan fingerprint density at radius 2 is 1.76 bits per heavy atom. The summed E-state index contributed by atoms with van der Waals surface area (Å²) in [6.07, 6.45) is 3.13. The van der Waals surface area contributed by atoms with E-state index in [1.165, 1.54) is 22.6 Å². The lowest BCUT2D eigenvalue weighted by Gasteiger charge is -2.33. The van der Waals surface area contributed by atoms with Gasteiger partial charge in [0.05, 0.1) is 23.2 Å². The van der Waals surface area contributed by atoms with Crippen molar-refractivity contribution >= 4 is 33.2 Å². The molecule has 174 valence electrons. The third-order valence-corrected chi connectivity index (χ3v) is 8.00. The highest BCUT2D eigenvalue weighted by Crippen LogP contribution is 2.21. The molecule has 1 amide bonds. The normalized spacial score (nSPS) is 15.5. The second kappa shape index (κ2) is 10.0. The molecule has 1 aromatic heterocycles. The van der Waals surface area contributed by atoms with Gasteiger partial charge in [0.2, 0.25) is 10.0 Å². The minimum Gasteiger partial charge on any atom is -0.322 e. The maximum Gasteiger partial charge on any atom is 0.258 e. The van der Waals surface area contributed by atoms with Crippen molar-refractivity contribution in [3.63, 3.8) is 0 Å². The second-order valence-electron chi connectivity index (χ2n) is 7.83. The van der Waals surface area contributed by atoms with Crippen molar-refractivity contribution in [3.05, 3.63) is 77.1 Å². The van der Waals surface area contributed by atoms with Crippen molar-refractivity contribution in [2.24, 2.45) is 0 Å². The molecule has 1 N–H and O–H groups in total. The van der Waals surface area contributed by atoms with Gasteiger partial charge in [0.25, 0.3) is 5.91 Å². The monoisotopic (exact) mass is 487 g/mol. The number of sulfonamides is 1. The summed E-state index contributed by atoms with van der Waals surface area (Å²) < 4.78 is 29.0. The number of nitrogens with one attached hydrogen (secondary N) is 1. The van der Waals surface area contributed by atoms with Crippen LogP contribution in [0, 0.1) is 0 Å². The number of carbonyl (C=O) groups excluding carboxylic acids is 1. The molecule has 10 heteroatoms. The van der Waals surface area contributed by atoms with Crippen LogP contribution < -0.4 is 5.32 Å². The van der Waals surface area contributed by atoms with Crippen LogP contribution in [0.1, 0.15) is 22.8 Å². The highest BCUT2D eigenvalue weighted by Gasteiger charge is 2.28. The van der Waals surface area contributed by atoms with Gasteiger partial charge in [-0.05, 0) is 42.4 Å². The molecule has 2 heterocycles. The molecule has 0 saturated carbocycles. The van der Waals surface area contributed by atoms with Gasteiger partial charge in [0, 0.05) is 43.1 Å². The molecule has 0 spiro atoms. The Morgan fingerprint density at radius 3 is 2.42 bits per heavy atom. The van der Waals surface area contributed by atoms with Gasteiger partial charge in [-0.1, -0.05) is 36.7 Å². The number of anilines is 1. The lowest BCUT2D eigenvalue weighted by atomic mass is 10.2. The maximum atomic E-state index is 12.9. The maximum absolute atomic E-state index is 12.9. The standard InChI is InChI=1S/C23H26ClN5O3S/c1-2-27-11-13-29(14-12-27)33(31,32)21-9-7-20(8-10-21)26-23(30)19-15-25-28(17-19)16-18-5-3-4-6-22(18)24/h3-10,15,17H,2,11-14,16H2,1H3,(H,26,30). The molecule has 1 aliphatic rings. The number of halogens is 1. The summed E-state index contributed by atoms with van der Waals surface area (Å²) in [4.78, 5) is 15.1. The van der Waals surface area contributed by atoms with E-state index in [0.717, 1.165) is 25.2 Å². The molecule has 33 heavy (non-hydrogen) atoms. The first kappa shape index (κ1) is 23.4. The summed E-state index contributed by atoms with van der Waals surface area (Å²) in [7, 11) is -3.55. The number of carbonyl (C=O) groups is 1. The zero-order valence-corrected chi connectivity index (χ0v) is 19.9. The van der Waals surface area contributed by atoms with Gasteiger partial charge in [-0.2, -0.15) is 9.40 Å². The largest absolute Gasteiger partial charge is 0.322 e. The molecule has 1 aliphatic heterocycles. The van der Waals surface area contributed by atoms with Gasteiger partial charge >= 0.3 is 0 Å². The van der Waals surface area contributed by atoms with Crippen molar-refractivity contribution in [2.45, 2.75) is 18.4 Å². The Morgan fingerprint density at radius 1 is 1.06 bits per heavy atom. The van der Waals surface area contributed by atoms with E-state index in [2.05, 4.69) is 22.2 Å². The third kappa shape index (κ3) is 5.44. The smallest absolute Gasteiger partial charge is 0.258 e. The molecule has 0 radical (unpaired) electrons. The predicted molar refractivity (Wildman–Crippen MR) is 128 cm³/mol. The topological polar surface area (TPSA) is 87.5 Å². The fraction of sp³-hybridized carbons (Fsp3) is 0.304. The van der Waals surface area contributed by atoms with E-state index in [9.17, 15) is 13.2 Å². The quantitative estimate of drug-likeness (QED) is 0.553. The highest BCUT2D eigenvalue weighted by atomic mass is 35.5. The fourth-order valence-electron chi connectivity index (χ4n) is 3.72. The third-order valence-electron chi connectivity index (χ3n) is 5.71. The van der Waals surface area contributed by atoms with E-state index in [4.69, 9.17) is 11.6 Å². The Labute approximate surface area is 198 Å². The van der Waals surface area contributed by atoms with Crippen LogP contribution in [0.3, 0.4) is 0 Å². The number of likely N-dealkylation sites (N-methyl/N-ethyl adjacent to an activating group) is 1. The Bertz CT molecular complexity index is 1220. The van der Waals surface area contributed by atoms with Gasteiger partial charge < -0.3 is 10.2 Å². The number of hydrogen-bond acceptors (Lipinski definition) is 5. The number of hydrogen-bond donors (Lipinski definition) is 1. The number of piperazine rings is 1. The summed E-state index contributed by atoms with van der Waals surface area (Å²) in [6.45, 7) is 5.86. The van der Waals surface area contributed by atoms with Gasteiger partial charge in [0.1, 0.15) is 0 Å². The summed E-state index contributed by atoms with van der Waals surface area (Å²) in [6, 6.07) is 13.7. The molecule has 3 aromatic rings. The Hall–Kier alpha value is -2.72. The summed E-state index contributed by atoms with van der Waals surface area (Å²) in [5, 5.41) is 7.66. The van der Waals surface area contributed by atoms with E-state index >= 15 is 0 Å². The van der Waals surface area contributed by atoms with E-state index in [0.29, 0.717) is 35.9 Å². The summed E-state index contributed by atoms with van der Waals surface area (Å²) in [5.41, 5.74) is 1.81. The van der Waals surface area contributed by atoms with E-state index < -0.39 is 10.0 Å².